The first-order chi connectivity index (χ1) is 15.4. The molecule has 6 heteroatoms. The largest absolute Gasteiger partial charge is 0.497 e. The van der Waals surface area contributed by atoms with Crippen molar-refractivity contribution in [2.45, 2.75) is 18.9 Å². The zero-order valence-electron chi connectivity index (χ0n) is 18.1. The van der Waals surface area contributed by atoms with Crippen LogP contribution >= 0.6 is 0 Å². The van der Waals surface area contributed by atoms with Gasteiger partial charge in [0.1, 0.15) is 18.1 Å². The number of ether oxygens (including phenoxy) is 2. The highest BCUT2D eigenvalue weighted by Gasteiger charge is 2.50. The van der Waals surface area contributed by atoms with E-state index < -0.39 is 11.5 Å². The minimum absolute atomic E-state index is 0.253. The summed E-state index contributed by atoms with van der Waals surface area (Å²) in [6.07, 6.45) is -0.343. The van der Waals surface area contributed by atoms with Gasteiger partial charge in [-0.1, -0.05) is 36.4 Å². The Morgan fingerprint density at radius 2 is 1.69 bits per heavy atom. The summed E-state index contributed by atoms with van der Waals surface area (Å²) >= 11 is 0. The molecule has 0 fully saturated rings. The molecule has 164 valence electrons. The smallest absolute Gasteiger partial charge is 0.264 e. The highest BCUT2D eigenvalue weighted by Crippen LogP contribution is 2.42. The van der Waals surface area contributed by atoms with Gasteiger partial charge in [-0.2, -0.15) is 0 Å². The number of carbonyl (C=O) groups excluding carboxylic acids is 2. The summed E-state index contributed by atoms with van der Waals surface area (Å²) in [4.78, 5) is 27.7. The number of carbonyl (C=O) groups is 2. The van der Waals surface area contributed by atoms with Crippen molar-refractivity contribution in [2.24, 2.45) is 0 Å². The van der Waals surface area contributed by atoms with Crippen LogP contribution in [0.4, 0.5) is 5.69 Å². The van der Waals surface area contributed by atoms with Gasteiger partial charge in [-0.15, -0.1) is 0 Å². The number of rotatable bonds is 8. The van der Waals surface area contributed by atoms with Crippen LogP contribution in [0, 0.1) is 6.92 Å². The Morgan fingerprint density at radius 1 is 1.00 bits per heavy atom. The maximum absolute atomic E-state index is 13.3. The zero-order chi connectivity index (χ0) is 22.7. The van der Waals surface area contributed by atoms with E-state index in [1.54, 1.807) is 55.6 Å². The summed E-state index contributed by atoms with van der Waals surface area (Å²) in [5.41, 5.74) is 0.516. The molecular weight excluding hydrogens is 406 g/mol. The third-order valence-corrected chi connectivity index (χ3v) is 5.73. The van der Waals surface area contributed by atoms with Gasteiger partial charge >= 0.3 is 0 Å². The third kappa shape index (κ3) is 3.97. The van der Waals surface area contributed by atoms with Crippen molar-refractivity contribution < 1.29 is 24.2 Å². The molecule has 0 radical (unpaired) electrons. The summed E-state index contributed by atoms with van der Waals surface area (Å²) < 4.78 is 11.0. The van der Waals surface area contributed by atoms with Crippen LogP contribution < -0.4 is 14.4 Å². The van der Waals surface area contributed by atoms with Crippen LogP contribution in [0.25, 0.3) is 0 Å². The molecule has 0 spiro atoms. The molecule has 4 rings (SSSR count). The predicted molar refractivity (Wildman–Crippen MR) is 121 cm³/mol. The molecule has 1 aliphatic rings. The number of hydrogen-bond acceptors (Lipinski definition) is 5. The lowest BCUT2D eigenvalue weighted by molar-refractivity contribution is -0.135. The van der Waals surface area contributed by atoms with Crippen molar-refractivity contribution in [3.8, 4) is 11.5 Å². The summed E-state index contributed by atoms with van der Waals surface area (Å²) in [5.74, 6) is 0.532. The van der Waals surface area contributed by atoms with Gasteiger partial charge < -0.3 is 19.5 Å². The van der Waals surface area contributed by atoms with Crippen LogP contribution in [0.2, 0.25) is 0 Å². The highest BCUT2D eigenvalue weighted by atomic mass is 16.5. The molecule has 1 N–H and O–H groups in total. The number of benzene rings is 3. The van der Waals surface area contributed by atoms with E-state index in [0.29, 0.717) is 22.6 Å². The van der Waals surface area contributed by atoms with Crippen LogP contribution in [0.15, 0.2) is 72.8 Å². The summed E-state index contributed by atoms with van der Waals surface area (Å²) in [6.45, 7) is 2.46. The molecule has 32 heavy (non-hydrogen) atoms. The Kier molecular flexibility index (Phi) is 5.97. The normalized spacial score (nSPS) is 17.2. The van der Waals surface area contributed by atoms with E-state index in [-0.39, 0.29) is 25.4 Å². The zero-order valence-corrected chi connectivity index (χ0v) is 18.1. The number of ketones is 1. The van der Waals surface area contributed by atoms with Crippen molar-refractivity contribution in [2.75, 3.05) is 25.2 Å². The van der Waals surface area contributed by atoms with E-state index in [2.05, 4.69) is 0 Å². The van der Waals surface area contributed by atoms with Gasteiger partial charge in [0.25, 0.3) is 5.91 Å². The quantitative estimate of drug-likeness (QED) is 0.548. The second-order valence-corrected chi connectivity index (χ2v) is 7.78. The van der Waals surface area contributed by atoms with E-state index in [1.807, 2.05) is 31.2 Å². The van der Waals surface area contributed by atoms with Crippen LogP contribution in [-0.4, -0.2) is 37.1 Å². The summed E-state index contributed by atoms with van der Waals surface area (Å²) in [5, 5.41) is 11.4. The van der Waals surface area contributed by atoms with Crippen molar-refractivity contribution in [1.29, 1.82) is 0 Å². The minimum atomic E-state index is -1.92. The molecule has 1 aliphatic heterocycles. The maximum atomic E-state index is 13.3. The van der Waals surface area contributed by atoms with Crippen LogP contribution in [0.3, 0.4) is 0 Å². The Hall–Kier alpha value is -3.64. The molecule has 3 aromatic rings. The Morgan fingerprint density at radius 3 is 2.41 bits per heavy atom. The standard InChI is InChI=1S/C26H25NO5/c1-18-7-3-6-10-24(18)32-16-15-27-22-9-5-4-8-21(22)26(30,25(27)29)17-23(28)19-11-13-20(31-2)14-12-19/h3-14,30H,15-17H2,1-2H3. The van der Waals surface area contributed by atoms with E-state index in [1.165, 1.54) is 4.90 Å². The molecule has 0 aromatic heterocycles. The topological polar surface area (TPSA) is 76.1 Å². The van der Waals surface area contributed by atoms with Gasteiger partial charge in [-0.25, -0.2) is 0 Å². The molecule has 0 saturated carbocycles. The second-order valence-electron chi connectivity index (χ2n) is 7.78. The predicted octanol–water partition coefficient (Wildman–Crippen LogP) is 3.89. The Bertz CT molecular complexity index is 1140. The molecule has 0 saturated heterocycles. The highest BCUT2D eigenvalue weighted by molar-refractivity contribution is 6.10. The van der Waals surface area contributed by atoms with E-state index in [4.69, 9.17) is 9.47 Å². The number of aliphatic hydroxyl groups is 1. The number of methoxy groups -OCH3 is 1. The fraction of sp³-hybridized carbons (Fsp3) is 0.231. The monoisotopic (exact) mass is 431 g/mol. The number of Topliss-reactive ketones (excluding diaryl/α,β-unsaturated/α-hetero) is 1. The molecule has 3 aromatic carbocycles. The summed E-state index contributed by atoms with van der Waals surface area (Å²) in [6, 6.07) is 21.3. The number of hydrogen-bond donors (Lipinski definition) is 1. The van der Waals surface area contributed by atoms with Crippen molar-refractivity contribution >= 4 is 17.4 Å². The maximum Gasteiger partial charge on any atom is 0.264 e. The number of amides is 1. The number of para-hydroxylation sites is 2. The molecule has 0 aliphatic carbocycles. The van der Waals surface area contributed by atoms with E-state index >= 15 is 0 Å². The van der Waals surface area contributed by atoms with Crippen molar-refractivity contribution in [3.63, 3.8) is 0 Å². The molecule has 1 unspecified atom stereocenters. The first-order valence-electron chi connectivity index (χ1n) is 10.4. The fourth-order valence-corrected chi connectivity index (χ4v) is 3.98. The molecular formula is C26H25NO5. The van der Waals surface area contributed by atoms with Gasteiger partial charge in [0.2, 0.25) is 0 Å². The van der Waals surface area contributed by atoms with Gasteiger partial charge in [0, 0.05) is 11.1 Å². The van der Waals surface area contributed by atoms with E-state index in [9.17, 15) is 14.7 Å². The third-order valence-electron chi connectivity index (χ3n) is 5.73. The molecule has 0 bridgehead atoms. The van der Waals surface area contributed by atoms with Crippen LogP contribution in [0.1, 0.15) is 27.9 Å². The minimum Gasteiger partial charge on any atom is -0.497 e. The number of nitrogens with zero attached hydrogens (tertiary/aromatic N) is 1. The number of fused-ring (bicyclic) bond motifs is 1. The lowest BCUT2D eigenvalue weighted by Gasteiger charge is -2.23. The first kappa shape index (κ1) is 21.6. The molecule has 1 atom stereocenters. The lowest BCUT2D eigenvalue weighted by atomic mass is 9.88. The Balaban J connectivity index is 1.53. The second kappa shape index (κ2) is 8.85. The average Bonchev–Trinajstić information content (AvgIpc) is 3.02. The average molecular weight is 431 g/mol. The van der Waals surface area contributed by atoms with Gasteiger partial charge in [-0.05, 0) is 48.9 Å². The van der Waals surface area contributed by atoms with E-state index in [0.717, 1.165) is 11.3 Å². The van der Waals surface area contributed by atoms with Crippen molar-refractivity contribution in [3.05, 3.63) is 89.5 Å². The number of anilines is 1. The first-order valence-corrected chi connectivity index (χ1v) is 10.4. The van der Waals surface area contributed by atoms with Gasteiger partial charge in [0.05, 0.1) is 25.8 Å². The summed E-state index contributed by atoms with van der Waals surface area (Å²) in [7, 11) is 1.55. The molecule has 6 nitrogen and oxygen atoms in total. The SMILES string of the molecule is COc1ccc(C(=O)CC2(O)C(=O)N(CCOc3ccccc3C)c3ccccc32)cc1. The van der Waals surface area contributed by atoms with Gasteiger partial charge in [-0.3, -0.25) is 9.59 Å². The van der Waals surface area contributed by atoms with Crippen LogP contribution in [0.5, 0.6) is 11.5 Å². The lowest BCUT2D eigenvalue weighted by Crippen LogP contribution is -2.43. The Labute approximate surface area is 187 Å². The number of aryl methyl sites for hydroxylation is 1. The fourth-order valence-electron chi connectivity index (χ4n) is 3.98. The van der Waals surface area contributed by atoms with Crippen LogP contribution in [-0.2, 0) is 10.4 Å². The molecule has 1 amide bonds. The van der Waals surface area contributed by atoms with Gasteiger partial charge in [0.15, 0.2) is 11.4 Å². The molecule has 1 heterocycles. The van der Waals surface area contributed by atoms with Crippen molar-refractivity contribution in [1.82, 2.24) is 0 Å².